The van der Waals surface area contributed by atoms with Gasteiger partial charge in [-0.1, -0.05) is 0 Å². The zero-order valence-corrected chi connectivity index (χ0v) is 11.3. The highest BCUT2D eigenvalue weighted by molar-refractivity contribution is 14.1. The van der Waals surface area contributed by atoms with Gasteiger partial charge in [0.05, 0.1) is 12.3 Å². The molecule has 0 aliphatic heterocycles. The van der Waals surface area contributed by atoms with Crippen molar-refractivity contribution in [1.82, 2.24) is 4.98 Å². The predicted octanol–water partition coefficient (Wildman–Crippen LogP) is 2.13. The molecule has 0 N–H and O–H groups in total. The summed E-state index contributed by atoms with van der Waals surface area (Å²) >= 11 is 2.10. The van der Waals surface area contributed by atoms with Crippen LogP contribution in [0.2, 0.25) is 0 Å². The molecule has 0 unspecified atom stereocenters. The molecule has 16 heavy (non-hydrogen) atoms. The quantitative estimate of drug-likeness (QED) is 0.367. The molecule has 0 spiro atoms. The minimum absolute atomic E-state index is 0.228. The van der Waals surface area contributed by atoms with E-state index in [1.54, 1.807) is 13.0 Å². The summed E-state index contributed by atoms with van der Waals surface area (Å²) < 4.78 is 5.62. The number of pyridine rings is 1. The van der Waals surface area contributed by atoms with Crippen molar-refractivity contribution < 1.29 is 14.3 Å². The lowest BCUT2D eigenvalue weighted by molar-refractivity contribution is -0.141. The molecule has 0 atom stereocenters. The molecule has 0 aliphatic carbocycles. The van der Waals surface area contributed by atoms with Crippen molar-refractivity contribution >= 4 is 34.3 Å². The topological polar surface area (TPSA) is 56.3 Å². The SMILES string of the molecule is CCOC(=O)CC(=O)c1cnc(C)c(I)c1. The number of aromatic nitrogens is 1. The van der Waals surface area contributed by atoms with Crippen LogP contribution >= 0.6 is 22.6 Å². The van der Waals surface area contributed by atoms with Gasteiger partial charge in [0, 0.05) is 15.3 Å². The first-order chi connectivity index (χ1) is 7.54. The van der Waals surface area contributed by atoms with Gasteiger partial charge >= 0.3 is 5.97 Å². The fourth-order valence-corrected chi connectivity index (χ4v) is 1.58. The number of nitrogens with zero attached hydrogens (tertiary/aromatic N) is 1. The Morgan fingerprint density at radius 3 is 2.75 bits per heavy atom. The van der Waals surface area contributed by atoms with Gasteiger partial charge in [-0.25, -0.2) is 0 Å². The summed E-state index contributed by atoms with van der Waals surface area (Å²) in [5.41, 5.74) is 1.32. The molecule has 0 bridgehead atoms. The molecule has 1 rings (SSSR count). The van der Waals surface area contributed by atoms with Gasteiger partial charge in [0.1, 0.15) is 6.42 Å². The first-order valence-corrected chi connectivity index (χ1v) is 5.93. The van der Waals surface area contributed by atoms with Gasteiger partial charge in [0.2, 0.25) is 0 Å². The summed E-state index contributed by atoms with van der Waals surface area (Å²) in [4.78, 5) is 26.8. The molecule has 0 saturated heterocycles. The van der Waals surface area contributed by atoms with Crippen LogP contribution in [0.5, 0.6) is 0 Å². The van der Waals surface area contributed by atoms with Crippen molar-refractivity contribution in [2.24, 2.45) is 0 Å². The highest BCUT2D eigenvalue weighted by Gasteiger charge is 2.13. The lowest BCUT2D eigenvalue weighted by Crippen LogP contribution is -2.12. The molecule has 1 heterocycles. The Balaban J connectivity index is 2.73. The van der Waals surface area contributed by atoms with E-state index in [1.807, 2.05) is 6.92 Å². The van der Waals surface area contributed by atoms with Crippen molar-refractivity contribution in [3.63, 3.8) is 0 Å². The van der Waals surface area contributed by atoms with Crippen LogP contribution in [0.4, 0.5) is 0 Å². The third kappa shape index (κ3) is 3.55. The van der Waals surface area contributed by atoms with Gasteiger partial charge < -0.3 is 4.74 Å². The van der Waals surface area contributed by atoms with Crippen molar-refractivity contribution in [2.45, 2.75) is 20.3 Å². The van der Waals surface area contributed by atoms with Crippen LogP contribution in [0.25, 0.3) is 0 Å². The standard InChI is InChI=1S/C11H12INO3/c1-3-16-11(15)5-10(14)8-4-9(12)7(2)13-6-8/h4,6H,3,5H2,1-2H3. The Kier molecular flexibility index (Phi) is 4.85. The highest BCUT2D eigenvalue weighted by Crippen LogP contribution is 2.12. The Labute approximate surface area is 108 Å². The van der Waals surface area contributed by atoms with Crippen molar-refractivity contribution in [3.05, 3.63) is 27.1 Å². The van der Waals surface area contributed by atoms with Crippen LogP contribution in [-0.4, -0.2) is 23.3 Å². The van der Waals surface area contributed by atoms with Crippen molar-refractivity contribution in [1.29, 1.82) is 0 Å². The van der Waals surface area contributed by atoms with Crippen LogP contribution in [-0.2, 0) is 9.53 Å². The minimum Gasteiger partial charge on any atom is -0.466 e. The lowest BCUT2D eigenvalue weighted by Gasteiger charge is -2.03. The Bertz CT molecular complexity index is 418. The minimum atomic E-state index is -0.497. The fourth-order valence-electron chi connectivity index (χ4n) is 1.10. The number of hydrogen-bond donors (Lipinski definition) is 0. The zero-order chi connectivity index (χ0) is 12.1. The maximum Gasteiger partial charge on any atom is 0.313 e. The fraction of sp³-hybridized carbons (Fsp3) is 0.364. The number of ketones is 1. The maximum atomic E-state index is 11.6. The number of hydrogen-bond acceptors (Lipinski definition) is 4. The van der Waals surface area contributed by atoms with E-state index in [-0.39, 0.29) is 18.8 Å². The first kappa shape index (κ1) is 13.1. The third-order valence-corrected chi connectivity index (χ3v) is 3.05. The van der Waals surface area contributed by atoms with Crippen molar-refractivity contribution in [3.8, 4) is 0 Å². The number of rotatable bonds is 4. The van der Waals surface area contributed by atoms with Gasteiger partial charge in [0.15, 0.2) is 5.78 Å². The normalized spacial score (nSPS) is 9.94. The second-order valence-electron chi connectivity index (χ2n) is 3.20. The molecule has 1 aromatic rings. The van der Waals surface area contributed by atoms with Crippen LogP contribution in [0, 0.1) is 10.5 Å². The van der Waals surface area contributed by atoms with Gasteiger partial charge in [-0.2, -0.15) is 0 Å². The summed E-state index contributed by atoms with van der Waals surface area (Å²) in [5, 5.41) is 0. The smallest absolute Gasteiger partial charge is 0.313 e. The van der Waals surface area contributed by atoms with Crippen LogP contribution < -0.4 is 0 Å². The average Bonchev–Trinajstić information content (AvgIpc) is 2.22. The number of ether oxygens (including phenoxy) is 1. The van der Waals surface area contributed by atoms with E-state index in [4.69, 9.17) is 4.74 Å². The molecule has 0 saturated carbocycles. The number of carbonyl (C=O) groups excluding carboxylic acids is 2. The molecule has 86 valence electrons. The van der Waals surface area contributed by atoms with Crippen LogP contribution in [0.3, 0.4) is 0 Å². The van der Waals surface area contributed by atoms with Crippen LogP contribution in [0.15, 0.2) is 12.3 Å². The number of esters is 1. The summed E-state index contributed by atoms with van der Waals surface area (Å²) in [6.45, 7) is 3.86. The third-order valence-electron chi connectivity index (χ3n) is 1.96. The van der Waals surface area contributed by atoms with E-state index in [1.165, 1.54) is 6.20 Å². The van der Waals surface area contributed by atoms with Crippen LogP contribution in [0.1, 0.15) is 29.4 Å². The Morgan fingerprint density at radius 2 is 2.19 bits per heavy atom. The number of aryl methyl sites for hydroxylation is 1. The van der Waals surface area contributed by atoms with Crippen molar-refractivity contribution in [2.75, 3.05) is 6.61 Å². The molecule has 0 radical (unpaired) electrons. The Morgan fingerprint density at radius 1 is 1.50 bits per heavy atom. The first-order valence-electron chi connectivity index (χ1n) is 4.85. The monoisotopic (exact) mass is 333 g/mol. The van der Waals surface area contributed by atoms with E-state index in [0.717, 1.165) is 9.26 Å². The molecule has 4 nitrogen and oxygen atoms in total. The zero-order valence-electron chi connectivity index (χ0n) is 9.12. The molecule has 0 aromatic carbocycles. The largest absolute Gasteiger partial charge is 0.466 e. The van der Waals surface area contributed by atoms with Gasteiger partial charge in [-0.15, -0.1) is 0 Å². The molecule has 0 fully saturated rings. The van der Waals surface area contributed by atoms with E-state index in [9.17, 15) is 9.59 Å². The van der Waals surface area contributed by atoms with Gasteiger partial charge in [-0.05, 0) is 42.5 Å². The molecule has 0 amide bonds. The second-order valence-corrected chi connectivity index (χ2v) is 4.36. The molecular formula is C11H12INO3. The summed E-state index contributed by atoms with van der Waals surface area (Å²) in [6.07, 6.45) is 1.26. The molecule has 1 aromatic heterocycles. The molecule has 5 heteroatoms. The second kappa shape index (κ2) is 5.93. The van der Waals surface area contributed by atoms with E-state index < -0.39 is 5.97 Å². The van der Waals surface area contributed by atoms with E-state index >= 15 is 0 Å². The summed E-state index contributed by atoms with van der Waals surface area (Å²) in [7, 11) is 0. The molecule has 0 aliphatic rings. The maximum absolute atomic E-state index is 11.6. The Hall–Kier alpha value is -0.980. The average molecular weight is 333 g/mol. The van der Waals surface area contributed by atoms with Gasteiger partial charge in [-0.3, -0.25) is 14.6 Å². The predicted molar refractivity (Wildman–Crippen MR) is 67.3 cm³/mol. The van der Waals surface area contributed by atoms with Gasteiger partial charge in [0.25, 0.3) is 0 Å². The number of halogens is 1. The summed E-state index contributed by atoms with van der Waals surface area (Å²) in [6, 6.07) is 1.73. The highest BCUT2D eigenvalue weighted by atomic mass is 127. The summed E-state index contributed by atoms with van der Waals surface area (Å²) in [5.74, 6) is -0.757. The van der Waals surface area contributed by atoms with E-state index in [0.29, 0.717) is 5.56 Å². The lowest BCUT2D eigenvalue weighted by atomic mass is 10.1. The number of carbonyl (C=O) groups is 2. The number of Topliss-reactive ketones (excluding diaryl/α,β-unsaturated/α-hetero) is 1. The molecular weight excluding hydrogens is 321 g/mol. The van der Waals surface area contributed by atoms with E-state index in [2.05, 4.69) is 27.6 Å².